The Kier molecular flexibility index (Phi) is 7.12. The zero-order valence-electron chi connectivity index (χ0n) is 15.5. The van der Waals surface area contributed by atoms with Crippen LogP contribution >= 0.6 is 11.6 Å². The molecule has 0 aliphatic heterocycles. The minimum atomic E-state index is -1.05. The lowest BCUT2D eigenvalue weighted by molar-refractivity contribution is -0.123. The van der Waals surface area contributed by atoms with E-state index in [4.69, 9.17) is 16.3 Å². The Bertz CT molecular complexity index is 895. The Morgan fingerprint density at radius 1 is 1.30 bits per heavy atom. The number of benzene rings is 1. The molecule has 2 aromatic rings. The van der Waals surface area contributed by atoms with Crippen LogP contribution < -0.4 is 10.9 Å². The molecule has 1 amide bonds. The van der Waals surface area contributed by atoms with E-state index in [0.717, 1.165) is 18.4 Å². The summed E-state index contributed by atoms with van der Waals surface area (Å²) in [6, 6.07) is 7.67. The molecule has 0 bridgehead atoms. The molecule has 1 atom stereocenters. The van der Waals surface area contributed by atoms with Crippen LogP contribution in [0.25, 0.3) is 0 Å². The summed E-state index contributed by atoms with van der Waals surface area (Å²) in [5.74, 6) is -1.27. The molecule has 8 heteroatoms. The van der Waals surface area contributed by atoms with E-state index in [0.29, 0.717) is 17.3 Å². The van der Waals surface area contributed by atoms with Crippen LogP contribution in [0.1, 0.15) is 42.7 Å². The van der Waals surface area contributed by atoms with E-state index in [2.05, 4.69) is 10.4 Å². The van der Waals surface area contributed by atoms with Crippen molar-refractivity contribution in [2.24, 2.45) is 0 Å². The van der Waals surface area contributed by atoms with Gasteiger partial charge in [0, 0.05) is 23.3 Å². The number of nitrogens with one attached hydrogen (secondary N) is 1. The molecule has 0 fully saturated rings. The number of hydrogen-bond acceptors (Lipinski definition) is 5. The van der Waals surface area contributed by atoms with E-state index in [9.17, 15) is 14.4 Å². The van der Waals surface area contributed by atoms with Crippen LogP contribution in [0, 0.1) is 6.92 Å². The van der Waals surface area contributed by atoms with Gasteiger partial charge in [-0.25, -0.2) is 9.48 Å². The number of nitrogens with zero attached hydrogens (tertiary/aromatic N) is 2. The summed E-state index contributed by atoms with van der Waals surface area (Å²) in [6.07, 6.45) is 0.611. The maximum absolute atomic E-state index is 12.3. The van der Waals surface area contributed by atoms with Gasteiger partial charge in [-0.2, -0.15) is 5.10 Å². The Labute approximate surface area is 162 Å². The number of carbonyl (C=O) groups is 2. The highest BCUT2D eigenvalue weighted by Gasteiger charge is 2.21. The Morgan fingerprint density at radius 2 is 2.04 bits per heavy atom. The number of rotatable bonds is 7. The number of esters is 1. The van der Waals surface area contributed by atoms with Gasteiger partial charge in [-0.15, -0.1) is 0 Å². The van der Waals surface area contributed by atoms with Crippen LogP contribution in [0.4, 0.5) is 5.69 Å². The fourth-order valence-electron chi connectivity index (χ4n) is 2.26. The highest BCUT2D eigenvalue weighted by molar-refractivity contribution is 6.31. The van der Waals surface area contributed by atoms with Crippen molar-refractivity contribution in [2.75, 3.05) is 5.32 Å². The fraction of sp³-hybridized carbons (Fsp3) is 0.368. The molecule has 144 valence electrons. The molecule has 0 radical (unpaired) electrons. The van der Waals surface area contributed by atoms with Crippen LogP contribution in [-0.4, -0.2) is 27.8 Å². The maximum atomic E-state index is 12.3. The number of aromatic nitrogens is 2. The quantitative estimate of drug-likeness (QED) is 0.732. The van der Waals surface area contributed by atoms with Crippen LogP contribution in [0.5, 0.6) is 0 Å². The monoisotopic (exact) mass is 391 g/mol. The first kappa shape index (κ1) is 20.6. The van der Waals surface area contributed by atoms with Gasteiger partial charge in [0.2, 0.25) is 0 Å². The number of halogens is 1. The second kappa shape index (κ2) is 9.32. The van der Waals surface area contributed by atoms with Crippen LogP contribution in [-0.2, 0) is 16.1 Å². The van der Waals surface area contributed by atoms with Crippen LogP contribution in [0.2, 0.25) is 5.02 Å². The highest BCUT2D eigenvalue weighted by Crippen LogP contribution is 2.20. The molecule has 0 saturated heterocycles. The number of hydrogen-bond donors (Lipinski definition) is 1. The molecular weight excluding hydrogens is 370 g/mol. The van der Waals surface area contributed by atoms with Crippen molar-refractivity contribution in [2.45, 2.75) is 46.3 Å². The summed E-state index contributed by atoms with van der Waals surface area (Å²) in [7, 11) is 0. The Morgan fingerprint density at radius 3 is 2.74 bits per heavy atom. The van der Waals surface area contributed by atoms with Gasteiger partial charge in [-0.05, 0) is 44.0 Å². The number of unbranched alkanes of at least 4 members (excludes halogenated alkanes) is 1. The molecule has 0 aliphatic carbocycles. The minimum absolute atomic E-state index is 0.0238. The fourth-order valence-corrected chi connectivity index (χ4v) is 2.44. The molecule has 27 heavy (non-hydrogen) atoms. The largest absolute Gasteiger partial charge is 0.448 e. The molecule has 0 saturated carbocycles. The summed E-state index contributed by atoms with van der Waals surface area (Å²) < 4.78 is 6.40. The van der Waals surface area contributed by atoms with Gasteiger partial charge in [0.25, 0.3) is 11.5 Å². The summed E-state index contributed by atoms with van der Waals surface area (Å²) >= 11 is 5.94. The standard InChI is InChI=1S/C19H22ClN3O4/c1-4-5-10-23-17(24)9-8-15(22-23)19(26)27-13(3)18(25)21-16-11-14(20)7-6-12(16)2/h6-9,11,13H,4-5,10H2,1-3H3,(H,21,25). The lowest BCUT2D eigenvalue weighted by atomic mass is 10.2. The van der Waals surface area contributed by atoms with Crippen molar-refractivity contribution in [3.8, 4) is 0 Å². The van der Waals surface area contributed by atoms with Crippen molar-refractivity contribution < 1.29 is 14.3 Å². The average Bonchev–Trinajstić information content (AvgIpc) is 2.63. The zero-order valence-corrected chi connectivity index (χ0v) is 16.2. The molecule has 1 unspecified atom stereocenters. The van der Waals surface area contributed by atoms with E-state index in [1.165, 1.54) is 23.7 Å². The van der Waals surface area contributed by atoms with E-state index < -0.39 is 18.0 Å². The predicted molar refractivity (Wildman–Crippen MR) is 103 cm³/mol. The SMILES string of the molecule is CCCCn1nc(C(=O)OC(C)C(=O)Nc2cc(Cl)ccc2C)ccc1=O. The van der Waals surface area contributed by atoms with Gasteiger partial charge < -0.3 is 10.1 Å². The average molecular weight is 392 g/mol. The first-order valence-electron chi connectivity index (χ1n) is 8.68. The molecule has 1 N–H and O–H groups in total. The topological polar surface area (TPSA) is 90.3 Å². The van der Waals surface area contributed by atoms with Crippen molar-refractivity contribution in [1.82, 2.24) is 9.78 Å². The van der Waals surface area contributed by atoms with Gasteiger partial charge in [0.1, 0.15) is 0 Å². The van der Waals surface area contributed by atoms with Crippen molar-refractivity contribution in [3.05, 3.63) is 57.0 Å². The molecular formula is C19H22ClN3O4. The van der Waals surface area contributed by atoms with E-state index in [-0.39, 0.29) is 11.3 Å². The van der Waals surface area contributed by atoms with E-state index in [1.54, 1.807) is 18.2 Å². The lowest BCUT2D eigenvalue weighted by Crippen LogP contribution is -2.31. The van der Waals surface area contributed by atoms with Crippen molar-refractivity contribution >= 4 is 29.2 Å². The number of aryl methyl sites for hydroxylation is 2. The van der Waals surface area contributed by atoms with Crippen LogP contribution in [0.3, 0.4) is 0 Å². The lowest BCUT2D eigenvalue weighted by Gasteiger charge is -2.15. The third-order valence-electron chi connectivity index (χ3n) is 3.91. The third kappa shape index (κ3) is 5.65. The first-order valence-corrected chi connectivity index (χ1v) is 9.05. The Hall–Kier alpha value is -2.67. The number of amides is 1. The Balaban J connectivity index is 2.05. The van der Waals surface area contributed by atoms with Gasteiger partial charge in [0.15, 0.2) is 11.8 Å². The number of ether oxygens (including phenoxy) is 1. The molecule has 0 aliphatic rings. The van der Waals surface area contributed by atoms with E-state index in [1.807, 2.05) is 13.8 Å². The summed E-state index contributed by atoms with van der Waals surface area (Å²) in [5.41, 5.74) is 1.06. The maximum Gasteiger partial charge on any atom is 0.359 e. The predicted octanol–water partition coefficient (Wildman–Crippen LogP) is 3.19. The third-order valence-corrected chi connectivity index (χ3v) is 4.14. The highest BCUT2D eigenvalue weighted by atomic mass is 35.5. The molecule has 7 nitrogen and oxygen atoms in total. The normalized spacial score (nSPS) is 11.7. The van der Waals surface area contributed by atoms with Crippen molar-refractivity contribution in [3.63, 3.8) is 0 Å². The summed E-state index contributed by atoms with van der Waals surface area (Å²) in [6.45, 7) is 5.69. The molecule has 2 rings (SSSR count). The first-order chi connectivity index (χ1) is 12.8. The number of anilines is 1. The molecule has 0 spiro atoms. The number of carbonyl (C=O) groups excluding carboxylic acids is 2. The van der Waals surface area contributed by atoms with Gasteiger partial charge in [-0.1, -0.05) is 31.0 Å². The van der Waals surface area contributed by atoms with Gasteiger partial charge >= 0.3 is 5.97 Å². The molecule has 1 heterocycles. The minimum Gasteiger partial charge on any atom is -0.448 e. The smallest absolute Gasteiger partial charge is 0.359 e. The second-order valence-electron chi connectivity index (χ2n) is 6.13. The summed E-state index contributed by atoms with van der Waals surface area (Å²) in [4.78, 5) is 36.3. The zero-order chi connectivity index (χ0) is 20.0. The second-order valence-corrected chi connectivity index (χ2v) is 6.57. The van der Waals surface area contributed by atoms with Gasteiger partial charge in [0.05, 0.1) is 0 Å². The molecule has 1 aromatic heterocycles. The summed E-state index contributed by atoms with van der Waals surface area (Å²) in [5, 5.41) is 7.18. The van der Waals surface area contributed by atoms with Crippen molar-refractivity contribution in [1.29, 1.82) is 0 Å². The van der Waals surface area contributed by atoms with Crippen LogP contribution in [0.15, 0.2) is 35.1 Å². The van der Waals surface area contributed by atoms with Gasteiger partial charge in [-0.3, -0.25) is 9.59 Å². The van der Waals surface area contributed by atoms with E-state index >= 15 is 0 Å². The molecule has 1 aromatic carbocycles.